The van der Waals surface area contributed by atoms with E-state index >= 15 is 0 Å². The minimum Gasteiger partial charge on any atom is -0.463 e. The third kappa shape index (κ3) is 2.13. The highest BCUT2D eigenvalue weighted by atomic mass is 16.7. The van der Waals surface area contributed by atoms with E-state index in [1.165, 1.54) is 7.11 Å². The van der Waals surface area contributed by atoms with Crippen LogP contribution in [0.3, 0.4) is 0 Å². The molecule has 0 radical (unpaired) electrons. The molecule has 1 saturated carbocycles. The zero-order valence-electron chi connectivity index (χ0n) is 11.7. The SMILES string of the molecule is CO[C@@H]1O[C@H](COC(C)=O)[C@@H](OC(C)=O)[C@@]2(O)C(=O)[C@@]12O. The van der Waals surface area contributed by atoms with E-state index in [1.807, 2.05) is 0 Å². The standard InChI is InChI=1S/C12H16O9/c1-5(13)19-4-7-8(20-6(2)14)11(16)9(15)12(11,17)10(18-3)21-7/h7-8,10,16-17H,4H2,1-3H3/t7-,8-,10-,11-,12-/m1/s1. The van der Waals surface area contributed by atoms with Crippen molar-refractivity contribution in [3.63, 3.8) is 0 Å². The Balaban J connectivity index is 2.29. The van der Waals surface area contributed by atoms with Crippen molar-refractivity contribution in [3.8, 4) is 0 Å². The zero-order valence-corrected chi connectivity index (χ0v) is 11.7. The molecule has 9 nitrogen and oxygen atoms in total. The molecule has 0 aromatic heterocycles. The zero-order chi connectivity index (χ0) is 16.0. The summed E-state index contributed by atoms with van der Waals surface area (Å²) < 4.78 is 19.8. The first-order valence-corrected chi connectivity index (χ1v) is 6.18. The van der Waals surface area contributed by atoms with Gasteiger partial charge in [0.1, 0.15) is 12.7 Å². The Bertz CT molecular complexity index is 489. The molecule has 2 N–H and O–H groups in total. The van der Waals surface area contributed by atoms with Gasteiger partial charge in [0.15, 0.2) is 12.4 Å². The minimum absolute atomic E-state index is 0.376. The van der Waals surface area contributed by atoms with Crippen LogP contribution in [-0.2, 0) is 33.3 Å². The van der Waals surface area contributed by atoms with Gasteiger partial charge in [0.05, 0.1) is 0 Å². The summed E-state index contributed by atoms with van der Waals surface area (Å²) in [6.45, 7) is 1.85. The van der Waals surface area contributed by atoms with Crippen LogP contribution in [0.4, 0.5) is 0 Å². The van der Waals surface area contributed by atoms with E-state index in [0.29, 0.717) is 0 Å². The maximum Gasteiger partial charge on any atom is 0.303 e. The Hall–Kier alpha value is -1.55. The van der Waals surface area contributed by atoms with E-state index in [1.54, 1.807) is 0 Å². The largest absolute Gasteiger partial charge is 0.463 e. The second-order valence-electron chi connectivity index (χ2n) is 4.94. The van der Waals surface area contributed by atoms with Gasteiger partial charge in [-0.15, -0.1) is 0 Å². The number of ketones is 1. The van der Waals surface area contributed by atoms with Crippen LogP contribution in [0, 0.1) is 0 Å². The van der Waals surface area contributed by atoms with E-state index in [4.69, 9.17) is 18.9 Å². The predicted molar refractivity (Wildman–Crippen MR) is 62.8 cm³/mol. The number of carbonyl (C=O) groups is 3. The third-order valence-corrected chi connectivity index (χ3v) is 3.56. The van der Waals surface area contributed by atoms with Crippen molar-refractivity contribution in [1.29, 1.82) is 0 Å². The molecule has 0 bridgehead atoms. The minimum atomic E-state index is -2.34. The molecular weight excluding hydrogens is 288 g/mol. The fraction of sp³-hybridized carbons (Fsp3) is 0.750. The second-order valence-corrected chi connectivity index (χ2v) is 4.94. The summed E-state index contributed by atoms with van der Waals surface area (Å²) in [5.74, 6) is -2.38. The van der Waals surface area contributed by atoms with Crippen LogP contribution in [0.5, 0.6) is 0 Å². The third-order valence-electron chi connectivity index (χ3n) is 3.56. The van der Waals surface area contributed by atoms with E-state index in [0.717, 1.165) is 13.8 Å². The van der Waals surface area contributed by atoms with Crippen molar-refractivity contribution in [2.75, 3.05) is 13.7 Å². The van der Waals surface area contributed by atoms with E-state index in [2.05, 4.69) is 0 Å². The maximum atomic E-state index is 11.8. The molecule has 1 aliphatic heterocycles. The van der Waals surface area contributed by atoms with Crippen LogP contribution < -0.4 is 0 Å². The topological polar surface area (TPSA) is 129 Å². The van der Waals surface area contributed by atoms with Crippen LogP contribution in [-0.4, -0.2) is 71.4 Å². The Morgan fingerprint density at radius 1 is 1.24 bits per heavy atom. The van der Waals surface area contributed by atoms with Gasteiger partial charge in [-0.2, -0.15) is 0 Å². The number of ether oxygens (including phenoxy) is 4. The summed E-state index contributed by atoms with van der Waals surface area (Å²) in [6.07, 6.45) is -4.11. The van der Waals surface area contributed by atoms with Crippen molar-refractivity contribution in [1.82, 2.24) is 0 Å². The van der Waals surface area contributed by atoms with E-state index in [9.17, 15) is 24.6 Å². The first-order valence-electron chi connectivity index (χ1n) is 6.18. The van der Waals surface area contributed by atoms with Crippen LogP contribution in [0.15, 0.2) is 0 Å². The average Bonchev–Trinajstić information content (AvgIpc) is 2.85. The van der Waals surface area contributed by atoms with Crippen molar-refractivity contribution in [2.45, 2.75) is 43.5 Å². The van der Waals surface area contributed by atoms with Gasteiger partial charge in [-0.1, -0.05) is 0 Å². The van der Waals surface area contributed by atoms with Crippen molar-refractivity contribution in [3.05, 3.63) is 0 Å². The molecule has 1 saturated heterocycles. The van der Waals surface area contributed by atoms with Crippen LogP contribution in [0.1, 0.15) is 13.8 Å². The average molecular weight is 304 g/mol. The number of fused-ring (bicyclic) bond motifs is 1. The molecule has 21 heavy (non-hydrogen) atoms. The number of aliphatic hydroxyl groups is 2. The molecule has 1 aliphatic carbocycles. The molecule has 5 atom stereocenters. The van der Waals surface area contributed by atoms with E-state index in [-0.39, 0.29) is 6.61 Å². The van der Waals surface area contributed by atoms with Gasteiger partial charge in [0, 0.05) is 21.0 Å². The Kier molecular flexibility index (Phi) is 3.79. The molecule has 0 amide bonds. The lowest BCUT2D eigenvalue weighted by Gasteiger charge is -2.38. The molecular formula is C12H16O9. The highest BCUT2D eigenvalue weighted by Crippen LogP contribution is 2.54. The molecule has 2 fully saturated rings. The summed E-state index contributed by atoms with van der Waals surface area (Å²) in [5, 5.41) is 20.5. The molecule has 0 aromatic carbocycles. The highest BCUT2D eigenvalue weighted by Gasteiger charge is 2.89. The summed E-state index contributed by atoms with van der Waals surface area (Å²) in [7, 11) is 1.17. The van der Waals surface area contributed by atoms with E-state index < -0.39 is 47.4 Å². The first kappa shape index (κ1) is 15.8. The van der Waals surface area contributed by atoms with Gasteiger partial charge in [-0.05, 0) is 0 Å². The van der Waals surface area contributed by atoms with Gasteiger partial charge >= 0.3 is 11.9 Å². The second kappa shape index (κ2) is 5.02. The summed E-state index contributed by atoms with van der Waals surface area (Å²) in [5.41, 5.74) is -4.66. The smallest absolute Gasteiger partial charge is 0.303 e. The van der Waals surface area contributed by atoms with Crippen LogP contribution in [0.25, 0.3) is 0 Å². The van der Waals surface area contributed by atoms with Crippen LogP contribution >= 0.6 is 0 Å². The Labute approximate surface area is 119 Å². The Morgan fingerprint density at radius 2 is 1.86 bits per heavy atom. The summed E-state index contributed by atoms with van der Waals surface area (Å²) in [6, 6.07) is 0. The fourth-order valence-electron chi connectivity index (χ4n) is 2.51. The molecule has 0 aromatic rings. The number of hydrogen-bond donors (Lipinski definition) is 2. The fourth-order valence-corrected chi connectivity index (χ4v) is 2.51. The molecule has 9 heteroatoms. The lowest BCUT2D eigenvalue weighted by Crippen LogP contribution is -2.60. The number of methoxy groups -OCH3 is 1. The lowest BCUT2D eigenvalue weighted by molar-refractivity contribution is -0.297. The number of esters is 2. The summed E-state index contributed by atoms with van der Waals surface area (Å²) in [4.78, 5) is 33.9. The van der Waals surface area contributed by atoms with Crippen molar-refractivity contribution >= 4 is 17.7 Å². The molecule has 2 rings (SSSR count). The highest BCUT2D eigenvalue weighted by molar-refractivity contribution is 6.15. The number of hydrogen-bond acceptors (Lipinski definition) is 9. The van der Waals surface area contributed by atoms with Crippen LogP contribution in [0.2, 0.25) is 0 Å². The van der Waals surface area contributed by atoms with Gasteiger partial charge in [0.2, 0.25) is 17.0 Å². The summed E-state index contributed by atoms with van der Waals surface area (Å²) >= 11 is 0. The predicted octanol–water partition coefficient (Wildman–Crippen LogP) is -2.10. The van der Waals surface area contributed by atoms with Crippen molar-refractivity contribution in [2.24, 2.45) is 0 Å². The monoisotopic (exact) mass is 304 g/mol. The first-order chi connectivity index (χ1) is 9.69. The Morgan fingerprint density at radius 3 is 2.33 bits per heavy atom. The molecule has 0 unspecified atom stereocenters. The molecule has 1 heterocycles. The molecule has 2 aliphatic rings. The molecule has 118 valence electrons. The number of rotatable bonds is 4. The number of Topliss-reactive ketones (excluding diaryl/α,β-unsaturated/α-hetero) is 1. The lowest BCUT2D eigenvalue weighted by atomic mass is 9.98. The van der Waals surface area contributed by atoms with Gasteiger partial charge in [-0.25, -0.2) is 0 Å². The van der Waals surface area contributed by atoms with Gasteiger partial charge < -0.3 is 29.2 Å². The van der Waals surface area contributed by atoms with Gasteiger partial charge in [-0.3, -0.25) is 14.4 Å². The van der Waals surface area contributed by atoms with Gasteiger partial charge in [0.25, 0.3) is 0 Å². The quantitative estimate of drug-likeness (QED) is 0.561. The molecule has 0 spiro atoms. The maximum absolute atomic E-state index is 11.8. The number of carbonyl (C=O) groups excluding carboxylic acids is 3. The van der Waals surface area contributed by atoms with Crippen molar-refractivity contribution < 1.29 is 43.5 Å². The normalized spacial score (nSPS) is 41.2.